The first-order valence-corrected chi connectivity index (χ1v) is 12.3. The van der Waals surface area contributed by atoms with Gasteiger partial charge >= 0.3 is 11.9 Å². The molecule has 188 valence electrons. The topological polar surface area (TPSA) is 205 Å². The number of carboxylic acids is 2. The minimum Gasteiger partial charge on any atom is -0.481 e. The normalized spacial score (nSPS) is 18.3. The SMILES string of the molecule is CSCCC(N)C(=O)N1CCCC1C(=O)NC(CC(=O)O)C(=O)NC(CCCCN)C(=O)O. The first-order chi connectivity index (χ1) is 15.6. The molecule has 8 N–H and O–H groups in total. The van der Waals surface area contributed by atoms with Crippen molar-refractivity contribution >= 4 is 41.4 Å². The molecule has 0 saturated carbocycles. The van der Waals surface area contributed by atoms with Crippen LogP contribution in [0.25, 0.3) is 0 Å². The zero-order chi connectivity index (χ0) is 25.0. The average molecular weight is 490 g/mol. The molecule has 0 aromatic carbocycles. The van der Waals surface area contributed by atoms with Crippen molar-refractivity contribution in [1.29, 1.82) is 0 Å². The summed E-state index contributed by atoms with van der Waals surface area (Å²) in [6.07, 6.45) is 3.67. The van der Waals surface area contributed by atoms with Gasteiger partial charge in [-0.2, -0.15) is 11.8 Å². The predicted octanol–water partition coefficient (Wildman–Crippen LogP) is -1.28. The van der Waals surface area contributed by atoms with Gasteiger partial charge in [0, 0.05) is 6.54 Å². The van der Waals surface area contributed by atoms with Crippen molar-refractivity contribution in [3.05, 3.63) is 0 Å². The fraction of sp³-hybridized carbons (Fsp3) is 0.750. The van der Waals surface area contributed by atoms with E-state index in [1.54, 1.807) is 11.8 Å². The number of carboxylic acid groups (broad SMARTS) is 2. The number of likely N-dealkylation sites (tertiary alicyclic amines) is 1. The van der Waals surface area contributed by atoms with Crippen molar-refractivity contribution in [2.45, 2.75) is 69.1 Å². The van der Waals surface area contributed by atoms with Crippen molar-refractivity contribution < 1.29 is 34.2 Å². The Morgan fingerprint density at radius 3 is 2.36 bits per heavy atom. The zero-order valence-electron chi connectivity index (χ0n) is 18.8. The van der Waals surface area contributed by atoms with Crippen LogP contribution in [0.5, 0.6) is 0 Å². The number of rotatable bonds is 15. The molecule has 1 aliphatic heterocycles. The number of nitrogens with zero attached hydrogens (tertiary/aromatic N) is 1. The molecule has 1 heterocycles. The summed E-state index contributed by atoms with van der Waals surface area (Å²) in [7, 11) is 0. The molecular weight excluding hydrogens is 454 g/mol. The average Bonchev–Trinajstić information content (AvgIpc) is 3.25. The van der Waals surface area contributed by atoms with Crippen LogP contribution < -0.4 is 22.1 Å². The standard InChI is InChI=1S/C20H35N5O7S/c1-33-10-7-12(22)19(30)25-9-4-6-15(25)18(29)24-14(11-16(26)27)17(28)23-13(20(31)32)5-2-3-8-21/h12-15H,2-11,21-22H2,1H3,(H,23,28)(H,24,29)(H,26,27)(H,31,32). The number of carbonyl (C=O) groups is 5. The van der Waals surface area contributed by atoms with Crippen LogP contribution in [0.4, 0.5) is 0 Å². The Labute approximate surface area is 197 Å². The van der Waals surface area contributed by atoms with Crippen molar-refractivity contribution in [2.75, 3.05) is 25.1 Å². The van der Waals surface area contributed by atoms with Gasteiger partial charge in [-0.05, 0) is 57.1 Å². The number of nitrogens with two attached hydrogens (primary N) is 2. The van der Waals surface area contributed by atoms with E-state index in [-0.39, 0.29) is 12.3 Å². The van der Waals surface area contributed by atoms with Crippen molar-refractivity contribution in [3.8, 4) is 0 Å². The second kappa shape index (κ2) is 14.7. The van der Waals surface area contributed by atoms with Gasteiger partial charge in [0.25, 0.3) is 0 Å². The van der Waals surface area contributed by atoms with E-state index in [1.165, 1.54) is 4.90 Å². The minimum atomic E-state index is -1.49. The van der Waals surface area contributed by atoms with Gasteiger partial charge in [0.1, 0.15) is 18.1 Å². The molecule has 4 atom stereocenters. The van der Waals surface area contributed by atoms with Crippen LogP contribution in [-0.2, 0) is 24.0 Å². The molecule has 0 bridgehead atoms. The largest absolute Gasteiger partial charge is 0.481 e. The van der Waals surface area contributed by atoms with E-state index < -0.39 is 54.3 Å². The highest BCUT2D eigenvalue weighted by atomic mass is 32.2. The van der Waals surface area contributed by atoms with Crippen LogP contribution in [0.1, 0.15) is 44.9 Å². The Bertz CT molecular complexity index is 708. The molecule has 4 unspecified atom stereocenters. The number of nitrogens with one attached hydrogen (secondary N) is 2. The summed E-state index contributed by atoms with van der Waals surface area (Å²) >= 11 is 1.55. The highest BCUT2D eigenvalue weighted by Crippen LogP contribution is 2.19. The van der Waals surface area contributed by atoms with E-state index in [4.69, 9.17) is 11.5 Å². The fourth-order valence-corrected chi connectivity index (χ4v) is 4.05. The molecular formula is C20H35N5O7S. The molecule has 1 fully saturated rings. The fourth-order valence-electron chi connectivity index (χ4n) is 3.56. The Morgan fingerprint density at radius 2 is 1.79 bits per heavy atom. The molecule has 33 heavy (non-hydrogen) atoms. The maximum absolute atomic E-state index is 12.9. The Morgan fingerprint density at radius 1 is 1.09 bits per heavy atom. The van der Waals surface area contributed by atoms with E-state index in [2.05, 4.69) is 10.6 Å². The summed E-state index contributed by atoms with van der Waals surface area (Å²) in [5.41, 5.74) is 11.4. The van der Waals surface area contributed by atoms with E-state index >= 15 is 0 Å². The third kappa shape index (κ3) is 9.56. The quantitative estimate of drug-likeness (QED) is 0.150. The third-order valence-electron chi connectivity index (χ3n) is 5.36. The van der Waals surface area contributed by atoms with Gasteiger partial charge in [-0.25, -0.2) is 4.79 Å². The zero-order valence-corrected chi connectivity index (χ0v) is 19.6. The number of aliphatic carboxylic acids is 2. The molecule has 13 heteroatoms. The lowest BCUT2D eigenvalue weighted by molar-refractivity contribution is -0.144. The Hall–Kier alpha value is -2.38. The van der Waals surface area contributed by atoms with E-state index in [9.17, 15) is 34.2 Å². The molecule has 12 nitrogen and oxygen atoms in total. The van der Waals surface area contributed by atoms with Crippen LogP contribution in [0.2, 0.25) is 0 Å². The van der Waals surface area contributed by atoms with Crippen LogP contribution in [-0.4, -0.2) is 94.0 Å². The highest BCUT2D eigenvalue weighted by molar-refractivity contribution is 7.98. The summed E-state index contributed by atoms with van der Waals surface area (Å²) in [4.78, 5) is 62.3. The third-order valence-corrected chi connectivity index (χ3v) is 6.01. The van der Waals surface area contributed by atoms with Gasteiger partial charge in [0.05, 0.1) is 12.5 Å². The lowest BCUT2D eigenvalue weighted by Gasteiger charge is -2.28. The highest BCUT2D eigenvalue weighted by Gasteiger charge is 2.38. The number of hydrogen-bond acceptors (Lipinski definition) is 8. The number of amides is 3. The molecule has 0 radical (unpaired) electrons. The maximum atomic E-state index is 12.9. The van der Waals surface area contributed by atoms with Gasteiger partial charge in [-0.15, -0.1) is 0 Å². The summed E-state index contributed by atoms with van der Waals surface area (Å²) in [6.45, 7) is 0.706. The monoisotopic (exact) mass is 489 g/mol. The van der Waals surface area contributed by atoms with Crippen molar-refractivity contribution in [3.63, 3.8) is 0 Å². The van der Waals surface area contributed by atoms with Crippen molar-refractivity contribution in [1.82, 2.24) is 15.5 Å². The maximum Gasteiger partial charge on any atom is 0.326 e. The minimum absolute atomic E-state index is 0.116. The molecule has 3 amide bonds. The molecule has 1 saturated heterocycles. The predicted molar refractivity (Wildman–Crippen MR) is 122 cm³/mol. The van der Waals surface area contributed by atoms with E-state index in [1.807, 2.05) is 6.26 Å². The Kier molecular flexibility index (Phi) is 12.8. The van der Waals surface area contributed by atoms with Gasteiger partial charge in [0.15, 0.2) is 0 Å². The first-order valence-electron chi connectivity index (χ1n) is 10.9. The van der Waals surface area contributed by atoms with Gasteiger partial charge in [-0.3, -0.25) is 19.2 Å². The molecule has 0 aromatic heterocycles. The van der Waals surface area contributed by atoms with E-state index in [0.717, 1.165) is 0 Å². The van der Waals surface area contributed by atoms with Crippen LogP contribution in [0, 0.1) is 0 Å². The number of hydrogen-bond donors (Lipinski definition) is 6. The van der Waals surface area contributed by atoms with Crippen LogP contribution in [0.3, 0.4) is 0 Å². The van der Waals surface area contributed by atoms with Crippen LogP contribution in [0.15, 0.2) is 0 Å². The second-order valence-electron chi connectivity index (χ2n) is 7.92. The Balaban J connectivity index is 2.86. The van der Waals surface area contributed by atoms with Gasteiger partial charge < -0.3 is 37.2 Å². The number of thioether (sulfide) groups is 1. The summed E-state index contributed by atoms with van der Waals surface area (Å²) < 4.78 is 0. The number of unbranched alkanes of at least 4 members (excludes halogenated alkanes) is 1. The van der Waals surface area contributed by atoms with Gasteiger partial charge in [0.2, 0.25) is 17.7 Å². The molecule has 0 aliphatic carbocycles. The summed E-state index contributed by atoms with van der Waals surface area (Å²) in [5.74, 6) is -3.88. The second-order valence-corrected chi connectivity index (χ2v) is 8.91. The van der Waals surface area contributed by atoms with E-state index in [0.29, 0.717) is 50.9 Å². The molecule has 1 rings (SSSR count). The van der Waals surface area contributed by atoms with Crippen LogP contribution >= 0.6 is 11.8 Å². The first kappa shape index (κ1) is 28.7. The lowest BCUT2D eigenvalue weighted by atomic mass is 10.1. The summed E-state index contributed by atoms with van der Waals surface area (Å²) in [6, 6.07) is -4.36. The number of carbonyl (C=O) groups excluding carboxylic acids is 3. The van der Waals surface area contributed by atoms with Gasteiger partial charge in [-0.1, -0.05) is 0 Å². The van der Waals surface area contributed by atoms with Crippen molar-refractivity contribution in [2.24, 2.45) is 11.5 Å². The molecule has 0 spiro atoms. The summed E-state index contributed by atoms with van der Waals surface area (Å²) in [5, 5.41) is 23.2. The molecule has 1 aliphatic rings. The lowest BCUT2D eigenvalue weighted by Crippen LogP contribution is -2.57. The molecule has 0 aromatic rings. The smallest absolute Gasteiger partial charge is 0.326 e.